The molecule has 1 aliphatic heterocycles. The van der Waals surface area contributed by atoms with Gasteiger partial charge in [0.05, 0.1) is 24.1 Å². The average Bonchev–Trinajstić information content (AvgIpc) is 2.89. The van der Waals surface area contributed by atoms with Crippen LogP contribution in [-0.4, -0.2) is 27.4 Å². The third-order valence-electron chi connectivity index (χ3n) is 3.99. The zero-order valence-corrected chi connectivity index (χ0v) is 12.2. The molecule has 102 valence electrons. The molecular formula is C14H20N4S. The molecule has 4 nitrogen and oxygen atoms in total. The standard InChI is InChI=1S/C14H20N4S/c1-11-6-16-12(7-15-11)8-17-13-18-9-14(10-19-13)4-2-3-5-14/h6-7H,2-5,8-10H2,1H3,(H,17,18). The Labute approximate surface area is 118 Å². The van der Waals surface area contributed by atoms with Crippen LogP contribution in [0.4, 0.5) is 0 Å². The van der Waals surface area contributed by atoms with E-state index in [1.54, 1.807) is 6.20 Å². The molecule has 1 fully saturated rings. The van der Waals surface area contributed by atoms with Gasteiger partial charge in [-0.3, -0.25) is 15.0 Å². The molecular weight excluding hydrogens is 256 g/mol. The average molecular weight is 276 g/mol. The van der Waals surface area contributed by atoms with Gasteiger partial charge in [0.2, 0.25) is 0 Å². The van der Waals surface area contributed by atoms with Crippen LogP contribution in [0.1, 0.15) is 37.1 Å². The first kappa shape index (κ1) is 12.9. The summed E-state index contributed by atoms with van der Waals surface area (Å²) in [6.45, 7) is 3.67. The van der Waals surface area contributed by atoms with E-state index >= 15 is 0 Å². The number of amidine groups is 1. The lowest BCUT2D eigenvalue weighted by atomic mass is 9.89. The van der Waals surface area contributed by atoms with Crippen LogP contribution in [0.5, 0.6) is 0 Å². The summed E-state index contributed by atoms with van der Waals surface area (Å²) in [7, 11) is 0. The van der Waals surface area contributed by atoms with Gasteiger partial charge in [-0.25, -0.2) is 0 Å². The first-order valence-corrected chi connectivity index (χ1v) is 7.93. The van der Waals surface area contributed by atoms with Gasteiger partial charge < -0.3 is 5.32 Å². The molecule has 0 atom stereocenters. The van der Waals surface area contributed by atoms with E-state index in [4.69, 9.17) is 4.99 Å². The van der Waals surface area contributed by atoms with Crippen molar-refractivity contribution in [2.75, 3.05) is 12.3 Å². The highest BCUT2D eigenvalue weighted by atomic mass is 32.2. The van der Waals surface area contributed by atoms with E-state index in [1.165, 1.54) is 31.4 Å². The summed E-state index contributed by atoms with van der Waals surface area (Å²) in [6.07, 6.45) is 9.13. The van der Waals surface area contributed by atoms with Crippen LogP contribution < -0.4 is 5.32 Å². The molecule has 1 aromatic heterocycles. The molecule has 0 bridgehead atoms. The molecule has 1 aromatic rings. The summed E-state index contributed by atoms with van der Waals surface area (Å²) in [5.74, 6) is 1.22. The summed E-state index contributed by atoms with van der Waals surface area (Å²) < 4.78 is 0. The molecule has 0 saturated heterocycles. The molecule has 2 heterocycles. The van der Waals surface area contributed by atoms with Crippen molar-refractivity contribution in [1.29, 1.82) is 0 Å². The number of nitrogens with zero attached hydrogens (tertiary/aromatic N) is 3. The predicted octanol–water partition coefficient (Wildman–Crippen LogP) is 2.54. The SMILES string of the molecule is Cc1cnc(CNC2=NCC3(CCCC3)CS2)cn1. The van der Waals surface area contributed by atoms with Gasteiger partial charge in [-0.1, -0.05) is 24.6 Å². The van der Waals surface area contributed by atoms with Crippen LogP contribution in [-0.2, 0) is 6.54 Å². The smallest absolute Gasteiger partial charge is 0.156 e. The van der Waals surface area contributed by atoms with E-state index in [0.29, 0.717) is 12.0 Å². The Balaban J connectivity index is 1.54. The van der Waals surface area contributed by atoms with Gasteiger partial charge in [-0.15, -0.1) is 0 Å². The van der Waals surface area contributed by atoms with Crippen LogP contribution >= 0.6 is 11.8 Å². The second-order valence-corrected chi connectivity index (χ2v) is 6.58. The van der Waals surface area contributed by atoms with E-state index in [9.17, 15) is 0 Å². The van der Waals surface area contributed by atoms with Crippen LogP contribution in [0, 0.1) is 12.3 Å². The monoisotopic (exact) mass is 276 g/mol. The highest BCUT2D eigenvalue weighted by Crippen LogP contribution is 2.43. The molecule has 0 radical (unpaired) electrons. The first-order chi connectivity index (χ1) is 9.26. The maximum Gasteiger partial charge on any atom is 0.156 e. The second kappa shape index (κ2) is 5.49. The third kappa shape index (κ3) is 3.08. The Bertz CT molecular complexity index is 463. The number of nitrogens with one attached hydrogen (secondary N) is 1. The van der Waals surface area contributed by atoms with E-state index in [2.05, 4.69) is 15.3 Å². The van der Waals surface area contributed by atoms with Gasteiger partial charge in [0, 0.05) is 18.5 Å². The van der Waals surface area contributed by atoms with Gasteiger partial charge in [0.15, 0.2) is 5.17 Å². The number of aliphatic imine (C=N–C) groups is 1. The van der Waals surface area contributed by atoms with Crippen LogP contribution in [0.15, 0.2) is 17.4 Å². The summed E-state index contributed by atoms with van der Waals surface area (Å²) in [4.78, 5) is 13.3. The fraction of sp³-hybridized carbons (Fsp3) is 0.643. The summed E-state index contributed by atoms with van der Waals surface area (Å²) >= 11 is 1.87. The van der Waals surface area contributed by atoms with Gasteiger partial charge in [-0.05, 0) is 25.2 Å². The quantitative estimate of drug-likeness (QED) is 0.902. The number of aryl methyl sites for hydroxylation is 1. The molecule has 0 aromatic carbocycles. The fourth-order valence-corrected chi connectivity index (χ4v) is 3.92. The maximum atomic E-state index is 4.72. The van der Waals surface area contributed by atoms with Gasteiger partial charge in [0.25, 0.3) is 0 Å². The minimum Gasteiger partial charge on any atom is -0.359 e. The predicted molar refractivity (Wildman–Crippen MR) is 79.3 cm³/mol. The van der Waals surface area contributed by atoms with E-state index < -0.39 is 0 Å². The van der Waals surface area contributed by atoms with Crippen molar-refractivity contribution in [3.8, 4) is 0 Å². The first-order valence-electron chi connectivity index (χ1n) is 6.94. The molecule has 1 saturated carbocycles. The number of thioether (sulfide) groups is 1. The fourth-order valence-electron chi connectivity index (χ4n) is 2.76. The molecule has 2 aliphatic rings. The Hall–Kier alpha value is -1.10. The van der Waals surface area contributed by atoms with Crippen molar-refractivity contribution < 1.29 is 0 Å². The number of aromatic nitrogens is 2. The topological polar surface area (TPSA) is 50.2 Å². The van der Waals surface area contributed by atoms with E-state index in [1.807, 2.05) is 24.9 Å². The summed E-state index contributed by atoms with van der Waals surface area (Å²) in [6, 6.07) is 0. The number of hydrogen-bond donors (Lipinski definition) is 1. The second-order valence-electron chi connectivity index (χ2n) is 5.62. The zero-order valence-electron chi connectivity index (χ0n) is 11.4. The number of rotatable bonds is 2. The summed E-state index contributed by atoms with van der Waals surface area (Å²) in [5.41, 5.74) is 2.44. The Kier molecular flexibility index (Phi) is 3.73. The molecule has 3 rings (SSSR count). The molecule has 0 amide bonds. The minimum absolute atomic E-state index is 0.513. The highest BCUT2D eigenvalue weighted by molar-refractivity contribution is 8.13. The zero-order chi connectivity index (χ0) is 13.1. The normalized spacial score (nSPS) is 21.4. The molecule has 0 unspecified atom stereocenters. The van der Waals surface area contributed by atoms with Crippen LogP contribution in [0.25, 0.3) is 0 Å². The van der Waals surface area contributed by atoms with Crippen molar-refractivity contribution in [2.24, 2.45) is 10.4 Å². The third-order valence-corrected chi connectivity index (χ3v) is 5.30. The maximum absolute atomic E-state index is 4.72. The van der Waals surface area contributed by atoms with Crippen molar-refractivity contribution in [1.82, 2.24) is 15.3 Å². The van der Waals surface area contributed by atoms with Crippen LogP contribution in [0.3, 0.4) is 0 Å². The van der Waals surface area contributed by atoms with Gasteiger partial charge >= 0.3 is 0 Å². The van der Waals surface area contributed by atoms with Crippen molar-refractivity contribution in [2.45, 2.75) is 39.2 Å². The minimum atomic E-state index is 0.513. The highest BCUT2D eigenvalue weighted by Gasteiger charge is 2.36. The molecule has 5 heteroatoms. The number of hydrogen-bond acceptors (Lipinski definition) is 5. The van der Waals surface area contributed by atoms with Crippen molar-refractivity contribution in [3.63, 3.8) is 0 Å². The van der Waals surface area contributed by atoms with Crippen molar-refractivity contribution >= 4 is 16.9 Å². The van der Waals surface area contributed by atoms with Crippen molar-refractivity contribution in [3.05, 3.63) is 23.8 Å². The lowest BCUT2D eigenvalue weighted by Gasteiger charge is -2.31. The largest absolute Gasteiger partial charge is 0.359 e. The molecule has 1 spiro atoms. The lowest BCUT2D eigenvalue weighted by molar-refractivity contribution is 0.358. The Morgan fingerprint density at radius 2 is 2.11 bits per heavy atom. The van der Waals surface area contributed by atoms with Gasteiger partial charge in [-0.2, -0.15) is 0 Å². The van der Waals surface area contributed by atoms with E-state index in [0.717, 1.165) is 23.1 Å². The van der Waals surface area contributed by atoms with Crippen LogP contribution in [0.2, 0.25) is 0 Å². The van der Waals surface area contributed by atoms with E-state index in [-0.39, 0.29) is 0 Å². The lowest BCUT2D eigenvalue weighted by Crippen LogP contribution is -2.33. The Morgan fingerprint density at radius 1 is 1.26 bits per heavy atom. The van der Waals surface area contributed by atoms with Gasteiger partial charge in [0.1, 0.15) is 0 Å². The molecule has 1 N–H and O–H groups in total. The molecule has 1 aliphatic carbocycles. The Morgan fingerprint density at radius 3 is 2.74 bits per heavy atom. The molecule has 19 heavy (non-hydrogen) atoms. The summed E-state index contributed by atoms with van der Waals surface area (Å²) in [5, 5.41) is 4.44.